The molecule has 1 aromatic heterocycles. The first-order valence-corrected chi connectivity index (χ1v) is 9.90. The van der Waals surface area contributed by atoms with Gasteiger partial charge in [0.15, 0.2) is 10.9 Å². The average Bonchev–Trinajstić information content (AvgIpc) is 3.16. The Kier molecular flexibility index (Phi) is 6.97. The fraction of sp³-hybridized carbons (Fsp3) is 0.238. The summed E-state index contributed by atoms with van der Waals surface area (Å²) in [7, 11) is 0. The molecule has 0 radical (unpaired) electrons. The maximum atomic E-state index is 12.4. The lowest BCUT2D eigenvalue weighted by atomic mass is 10.2. The fourth-order valence-electron chi connectivity index (χ4n) is 2.76. The van der Waals surface area contributed by atoms with Crippen molar-refractivity contribution in [2.24, 2.45) is 0 Å². The van der Waals surface area contributed by atoms with Crippen LogP contribution in [0.4, 0.5) is 11.4 Å². The molecule has 30 heavy (non-hydrogen) atoms. The third-order valence-corrected chi connectivity index (χ3v) is 4.49. The van der Waals surface area contributed by atoms with Crippen molar-refractivity contribution in [2.45, 2.75) is 26.2 Å². The van der Waals surface area contributed by atoms with Gasteiger partial charge in [-0.05, 0) is 55.0 Å². The minimum atomic E-state index is -0.553. The Hall–Kier alpha value is -3.46. The van der Waals surface area contributed by atoms with Crippen LogP contribution >= 0.6 is 12.2 Å². The van der Waals surface area contributed by atoms with Gasteiger partial charge in [-0.2, -0.15) is 0 Å². The second-order valence-electron chi connectivity index (χ2n) is 6.58. The predicted octanol–water partition coefficient (Wildman–Crippen LogP) is 5.04. The van der Waals surface area contributed by atoms with Crippen molar-refractivity contribution in [2.75, 3.05) is 11.9 Å². The maximum absolute atomic E-state index is 12.4. The number of carbonyl (C=O) groups is 1. The molecule has 1 heterocycles. The Morgan fingerprint density at radius 3 is 2.63 bits per heavy atom. The lowest BCUT2D eigenvalue weighted by Gasteiger charge is -2.10. The number of hydrogen-bond donors (Lipinski definition) is 2. The molecule has 2 aromatic carbocycles. The number of thiocarbonyl (C=S) groups is 1. The Bertz CT molecular complexity index is 1060. The Balaban J connectivity index is 1.56. The zero-order valence-corrected chi connectivity index (χ0v) is 17.2. The van der Waals surface area contributed by atoms with E-state index in [0.717, 1.165) is 25.0 Å². The molecule has 0 atom stereocenters. The van der Waals surface area contributed by atoms with Crippen LogP contribution in [0.3, 0.4) is 0 Å². The normalized spacial score (nSPS) is 10.6. The van der Waals surface area contributed by atoms with E-state index in [1.165, 1.54) is 24.3 Å². The lowest BCUT2D eigenvalue weighted by Crippen LogP contribution is -2.33. The van der Waals surface area contributed by atoms with Crippen molar-refractivity contribution < 1.29 is 18.9 Å². The topological polar surface area (TPSA) is 107 Å². The van der Waals surface area contributed by atoms with Crippen LogP contribution in [0.1, 0.15) is 36.7 Å². The van der Waals surface area contributed by atoms with Crippen molar-refractivity contribution in [1.82, 2.24) is 5.32 Å². The van der Waals surface area contributed by atoms with Gasteiger partial charge in [0, 0.05) is 23.2 Å². The van der Waals surface area contributed by atoms with E-state index in [9.17, 15) is 14.9 Å². The quantitative estimate of drug-likeness (QED) is 0.224. The van der Waals surface area contributed by atoms with Gasteiger partial charge in [-0.1, -0.05) is 19.8 Å². The number of nitro groups is 1. The van der Waals surface area contributed by atoms with Gasteiger partial charge in [-0.25, -0.2) is 0 Å². The molecule has 0 aliphatic rings. The molecule has 0 aliphatic heterocycles. The summed E-state index contributed by atoms with van der Waals surface area (Å²) >= 11 is 5.17. The number of hydrogen-bond acceptors (Lipinski definition) is 6. The number of furan rings is 1. The summed E-state index contributed by atoms with van der Waals surface area (Å²) in [5.41, 5.74) is 0.992. The van der Waals surface area contributed by atoms with Gasteiger partial charge in [0.25, 0.3) is 11.6 Å². The second kappa shape index (κ2) is 9.84. The molecule has 0 unspecified atom stereocenters. The van der Waals surface area contributed by atoms with Crippen LogP contribution in [0.25, 0.3) is 11.0 Å². The van der Waals surface area contributed by atoms with Gasteiger partial charge >= 0.3 is 0 Å². The van der Waals surface area contributed by atoms with Crippen LogP contribution in [-0.4, -0.2) is 22.5 Å². The van der Waals surface area contributed by atoms with Crippen molar-refractivity contribution >= 4 is 45.6 Å². The van der Waals surface area contributed by atoms with Gasteiger partial charge in [0.05, 0.1) is 11.5 Å². The van der Waals surface area contributed by atoms with E-state index in [1.54, 1.807) is 12.1 Å². The third kappa shape index (κ3) is 5.54. The standard InChI is InChI=1S/C21H21N3O5S/c1-2-3-4-11-28-17-8-5-15(6-9-17)22-21(30)23-20(25)19-13-14-12-16(24(26)27)7-10-18(14)29-19/h5-10,12-13H,2-4,11H2,1H3,(H2,22,23,25,30). The Morgan fingerprint density at radius 1 is 1.17 bits per heavy atom. The zero-order valence-electron chi connectivity index (χ0n) is 16.3. The molecule has 0 spiro atoms. The number of rotatable bonds is 8. The molecular weight excluding hydrogens is 406 g/mol. The van der Waals surface area contributed by atoms with Crippen LogP contribution in [0.5, 0.6) is 5.75 Å². The monoisotopic (exact) mass is 427 g/mol. The number of ether oxygens (including phenoxy) is 1. The highest BCUT2D eigenvalue weighted by atomic mass is 32.1. The number of benzene rings is 2. The summed E-state index contributed by atoms with van der Waals surface area (Å²) in [5.74, 6) is 0.218. The number of carbonyl (C=O) groups excluding carboxylic acids is 1. The fourth-order valence-corrected chi connectivity index (χ4v) is 2.97. The van der Waals surface area contributed by atoms with Gasteiger partial charge in [-0.3, -0.25) is 20.2 Å². The molecule has 156 valence electrons. The number of unbranched alkanes of at least 4 members (excludes halogenated alkanes) is 2. The molecule has 0 bridgehead atoms. The number of fused-ring (bicyclic) bond motifs is 1. The highest BCUT2D eigenvalue weighted by molar-refractivity contribution is 7.80. The number of anilines is 1. The molecule has 3 rings (SSSR count). The Morgan fingerprint density at radius 2 is 1.93 bits per heavy atom. The number of nitrogens with zero attached hydrogens (tertiary/aromatic N) is 1. The lowest BCUT2D eigenvalue weighted by molar-refractivity contribution is -0.384. The minimum absolute atomic E-state index is 0.00507. The molecule has 3 aromatic rings. The van der Waals surface area contributed by atoms with E-state index in [0.29, 0.717) is 23.3 Å². The maximum Gasteiger partial charge on any atom is 0.293 e. The highest BCUT2D eigenvalue weighted by Crippen LogP contribution is 2.24. The summed E-state index contributed by atoms with van der Waals surface area (Å²) in [6.07, 6.45) is 3.29. The first kappa shape index (κ1) is 21.3. The van der Waals surface area contributed by atoms with Crippen LogP contribution in [0.15, 0.2) is 52.9 Å². The smallest absolute Gasteiger partial charge is 0.293 e. The van der Waals surface area contributed by atoms with Crippen molar-refractivity contribution in [1.29, 1.82) is 0 Å². The zero-order chi connectivity index (χ0) is 21.5. The number of non-ortho nitro benzene ring substituents is 1. The number of nitro benzene ring substituents is 1. The summed E-state index contributed by atoms with van der Waals surface area (Å²) in [6.45, 7) is 2.82. The molecule has 8 nitrogen and oxygen atoms in total. The van der Waals surface area contributed by atoms with Gasteiger partial charge in [-0.15, -0.1) is 0 Å². The first-order valence-electron chi connectivity index (χ1n) is 9.49. The second-order valence-corrected chi connectivity index (χ2v) is 6.99. The third-order valence-electron chi connectivity index (χ3n) is 4.29. The molecule has 1 amide bonds. The summed E-state index contributed by atoms with van der Waals surface area (Å²) in [5, 5.41) is 16.9. The highest BCUT2D eigenvalue weighted by Gasteiger charge is 2.16. The van der Waals surface area contributed by atoms with E-state index >= 15 is 0 Å². The molecule has 0 aliphatic carbocycles. The number of amides is 1. The molecule has 0 saturated heterocycles. The van der Waals surface area contributed by atoms with Crippen LogP contribution in [0.2, 0.25) is 0 Å². The van der Waals surface area contributed by atoms with Gasteiger partial charge < -0.3 is 14.5 Å². The van der Waals surface area contributed by atoms with E-state index in [-0.39, 0.29) is 16.6 Å². The van der Waals surface area contributed by atoms with Crippen molar-refractivity contribution in [3.8, 4) is 5.75 Å². The molecular formula is C21H21N3O5S. The molecule has 0 fully saturated rings. The van der Waals surface area contributed by atoms with Crippen LogP contribution < -0.4 is 15.4 Å². The van der Waals surface area contributed by atoms with E-state index in [1.807, 2.05) is 12.1 Å². The van der Waals surface area contributed by atoms with Crippen LogP contribution in [-0.2, 0) is 0 Å². The largest absolute Gasteiger partial charge is 0.494 e. The Labute approximate surface area is 178 Å². The molecule has 0 saturated carbocycles. The van der Waals surface area contributed by atoms with Gasteiger partial charge in [0.2, 0.25) is 0 Å². The average molecular weight is 427 g/mol. The van der Waals surface area contributed by atoms with Crippen LogP contribution in [0, 0.1) is 10.1 Å². The van der Waals surface area contributed by atoms with E-state index in [2.05, 4.69) is 17.6 Å². The predicted molar refractivity (Wildman–Crippen MR) is 118 cm³/mol. The van der Waals surface area contributed by atoms with E-state index < -0.39 is 10.8 Å². The summed E-state index contributed by atoms with van der Waals surface area (Å²) in [6, 6.07) is 12.8. The summed E-state index contributed by atoms with van der Waals surface area (Å²) in [4.78, 5) is 22.7. The molecule has 9 heteroatoms. The van der Waals surface area contributed by atoms with Gasteiger partial charge in [0.1, 0.15) is 11.3 Å². The summed E-state index contributed by atoms with van der Waals surface area (Å²) < 4.78 is 11.1. The minimum Gasteiger partial charge on any atom is -0.494 e. The SMILES string of the molecule is CCCCCOc1ccc(NC(=S)NC(=O)c2cc3cc([N+](=O)[O-])ccc3o2)cc1. The molecule has 2 N–H and O–H groups in total. The number of nitrogens with one attached hydrogen (secondary N) is 2. The first-order chi connectivity index (χ1) is 14.5. The van der Waals surface area contributed by atoms with E-state index in [4.69, 9.17) is 21.4 Å². The van der Waals surface area contributed by atoms with Crippen molar-refractivity contribution in [3.05, 3.63) is 64.4 Å². The van der Waals surface area contributed by atoms with Crippen molar-refractivity contribution in [3.63, 3.8) is 0 Å².